The minimum atomic E-state index is -0.317. The molecule has 2 fully saturated rings. The van der Waals surface area contributed by atoms with Gasteiger partial charge < -0.3 is 10.6 Å². The first kappa shape index (κ1) is 18.2. The van der Waals surface area contributed by atoms with Gasteiger partial charge in [0.1, 0.15) is 0 Å². The van der Waals surface area contributed by atoms with Gasteiger partial charge in [-0.15, -0.1) is 0 Å². The van der Waals surface area contributed by atoms with Gasteiger partial charge in [-0.25, -0.2) is 4.79 Å². The molecule has 0 aromatic heterocycles. The number of carbonyl (C=O) groups is 1. The van der Waals surface area contributed by atoms with Crippen molar-refractivity contribution in [1.82, 2.24) is 4.90 Å². The van der Waals surface area contributed by atoms with Crippen LogP contribution in [0.4, 0.5) is 10.5 Å². The summed E-state index contributed by atoms with van der Waals surface area (Å²) in [5.74, 6) is 2.67. The number of amides is 2. The average Bonchev–Trinajstić information content (AvgIpc) is 2.89. The number of nitrogens with zero attached hydrogens (tertiary/aromatic N) is 2. The number of rotatable bonds is 2. The zero-order chi connectivity index (χ0) is 19.1. The Labute approximate surface area is 170 Å². The summed E-state index contributed by atoms with van der Waals surface area (Å²) < 4.78 is 0. The molecule has 4 nitrogen and oxygen atoms in total. The Kier molecular flexibility index (Phi) is 4.70. The first-order valence-electron chi connectivity index (χ1n) is 11.2. The lowest BCUT2D eigenvalue weighted by Gasteiger charge is -2.43. The van der Waals surface area contributed by atoms with Gasteiger partial charge in [0, 0.05) is 20.2 Å². The zero-order valence-corrected chi connectivity index (χ0v) is 16.9. The highest BCUT2D eigenvalue weighted by molar-refractivity contribution is 5.92. The molecular formula is C24H35N3O. The lowest BCUT2D eigenvalue weighted by molar-refractivity contribution is 0.124. The van der Waals surface area contributed by atoms with Crippen LogP contribution >= 0.6 is 0 Å². The maximum absolute atomic E-state index is 12.0. The third-order valence-corrected chi connectivity index (χ3v) is 8.10. The van der Waals surface area contributed by atoms with Crippen LogP contribution in [0.3, 0.4) is 0 Å². The molecule has 5 rings (SSSR count). The van der Waals surface area contributed by atoms with E-state index < -0.39 is 0 Å². The first-order chi connectivity index (χ1) is 13.6. The molecule has 3 atom stereocenters. The fraction of sp³-hybridized carbons (Fsp3) is 0.625. The Hall–Kier alpha value is -1.81. The summed E-state index contributed by atoms with van der Waals surface area (Å²) >= 11 is 0. The van der Waals surface area contributed by atoms with Crippen molar-refractivity contribution < 1.29 is 6.22 Å². The molecule has 152 valence electrons. The second kappa shape index (κ2) is 7.22. The van der Waals surface area contributed by atoms with Crippen molar-refractivity contribution in [1.29, 1.82) is 0 Å². The van der Waals surface area contributed by atoms with Gasteiger partial charge in [0.2, 0.25) is 0 Å². The third-order valence-electron chi connectivity index (χ3n) is 8.10. The molecule has 0 radical (unpaired) electrons. The van der Waals surface area contributed by atoms with E-state index >= 15 is 0 Å². The zero-order valence-electron chi connectivity index (χ0n) is 16.9. The number of carbonyl (C=O) groups excluding carboxylic acids is 1. The molecule has 2 amide bonds. The van der Waals surface area contributed by atoms with Crippen molar-refractivity contribution in [3.05, 3.63) is 42.0 Å². The van der Waals surface area contributed by atoms with Crippen LogP contribution in [0.2, 0.25) is 0 Å². The van der Waals surface area contributed by atoms with Crippen LogP contribution in [0, 0.1) is 17.8 Å². The molecule has 2 bridgehead atoms. The standard InChI is InChI=1S/C24H33N3O.H2/c25-23(28)27-12-4-9-24(21-7-1-2-8-22(21)27)10-13-26(14-11-24)17-20-16-18-5-3-6-19(20)15-18;/h1-3,5,7-8,18-20H,4,6,9-17H2,(H2,25,28);1H. The maximum Gasteiger partial charge on any atom is 0.319 e. The molecule has 1 aromatic carbocycles. The van der Waals surface area contributed by atoms with Crippen molar-refractivity contribution in [2.75, 3.05) is 31.1 Å². The van der Waals surface area contributed by atoms with Crippen molar-refractivity contribution in [3.63, 3.8) is 0 Å². The van der Waals surface area contributed by atoms with Crippen LogP contribution in [0.1, 0.15) is 51.9 Å². The molecule has 2 aliphatic heterocycles. The molecule has 3 unspecified atom stereocenters. The van der Waals surface area contributed by atoms with E-state index in [-0.39, 0.29) is 12.9 Å². The monoisotopic (exact) mass is 381 g/mol. The van der Waals surface area contributed by atoms with E-state index in [2.05, 4.69) is 35.3 Å². The molecule has 28 heavy (non-hydrogen) atoms. The fourth-order valence-corrected chi connectivity index (χ4v) is 6.61. The van der Waals surface area contributed by atoms with Crippen molar-refractivity contribution >= 4 is 11.7 Å². The number of benzene rings is 1. The Bertz CT molecular complexity index is 771. The van der Waals surface area contributed by atoms with Gasteiger partial charge in [-0.3, -0.25) is 4.90 Å². The number of para-hydroxylation sites is 1. The molecule has 2 aliphatic carbocycles. The number of anilines is 1. The smallest absolute Gasteiger partial charge is 0.319 e. The predicted octanol–water partition coefficient (Wildman–Crippen LogP) is 4.55. The van der Waals surface area contributed by atoms with E-state index in [4.69, 9.17) is 5.73 Å². The third kappa shape index (κ3) is 3.16. The SMILES string of the molecule is NC(=O)N1CCCC2(CCN(CC3CC4C=CCC3C4)CC2)c2ccccc21.[HH]. The molecule has 2 heterocycles. The van der Waals surface area contributed by atoms with Crippen LogP contribution in [0.5, 0.6) is 0 Å². The summed E-state index contributed by atoms with van der Waals surface area (Å²) in [6, 6.07) is 8.18. The summed E-state index contributed by atoms with van der Waals surface area (Å²) in [7, 11) is 0. The molecule has 1 aromatic rings. The van der Waals surface area contributed by atoms with Crippen LogP contribution in [0.25, 0.3) is 0 Å². The molecule has 2 N–H and O–H groups in total. The highest BCUT2D eigenvalue weighted by atomic mass is 16.2. The number of piperidine rings is 1. The quantitative estimate of drug-likeness (QED) is 0.764. The Morgan fingerprint density at radius 3 is 2.75 bits per heavy atom. The lowest BCUT2D eigenvalue weighted by Crippen LogP contribution is -2.44. The van der Waals surface area contributed by atoms with Gasteiger partial charge in [-0.1, -0.05) is 30.4 Å². The number of primary amides is 1. The van der Waals surface area contributed by atoms with Crippen molar-refractivity contribution in [3.8, 4) is 0 Å². The Morgan fingerprint density at radius 2 is 1.96 bits per heavy atom. The fourth-order valence-electron chi connectivity index (χ4n) is 6.61. The van der Waals surface area contributed by atoms with Gasteiger partial charge >= 0.3 is 6.03 Å². The highest BCUT2D eigenvalue weighted by Gasteiger charge is 2.42. The van der Waals surface area contributed by atoms with E-state index in [1.807, 2.05) is 6.07 Å². The molecule has 1 saturated heterocycles. The largest absolute Gasteiger partial charge is 0.351 e. The minimum absolute atomic E-state index is 0. The van der Waals surface area contributed by atoms with E-state index in [9.17, 15) is 4.79 Å². The van der Waals surface area contributed by atoms with E-state index in [1.165, 1.54) is 63.7 Å². The van der Waals surface area contributed by atoms with Gasteiger partial charge in [-0.2, -0.15) is 0 Å². The summed E-state index contributed by atoms with van der Waals surface area (Å²) in [4.78, 5) is 16.5. The second-order valence-electron chi connectivity index (χ2n) is 9.61. The maximum atomic E-state index is 12.0. The van der Waals surface area contributed by atoms with Gasteiger partial charge in [0.25, 0.3) is 0 Å². The second-order valence-corrected chi connectivity index (χ2v) is 9.61. The lowest BCUT2D eigenvalue weighted by atomic mass is 9.69. The normalized spacial score (nSPS) is 31.6. The van der Waals surface area contributed by atoms with E-state index in [0.29, 0.717) is 0 Å². The topological polar surface area (TPSA) is 49.6 Å². The summed E-state index contributed by atoms with van der Waals surface area (Å²) in [6.45, 7) is 4.41. The van der Waals surface area contributed by atoms with Gasteiger partial charge in [0.05, 0.1) is 0 Å². The summed E-state index contributed by atoms with van der Waals surface area (Å²) in [6.07, 6.45) is 13.6. The number of nitrogens with two attached hydrogens (primary N) is 1. The number of hydrogen-bond acceptors (Lipinski definition) is 2. The van der Waals surface area contributed by atoms with Crippen LogP contribution < -0.4 is 10.6 Å². The summed E-state index contributed by atoms with van der Waals surface area (Å²) in [5, 5.41) is 0. The Balaban J connectivity index is 0.00000205. The number of urea groups is 1. The van der Waals surface area contributed by atoms with Gasteiger partial charge in [-0.05, 0) is 92.8 Å². The number of allylic oxidation sites excluding steroid dienone is 2. The first-order valence-corrected chi connectivity index (χ1v) is 11.2. The van der Waals surface area contributed by atoms with Crippen molar-refractivity contribution in [2.24, 2.45) is 23.5 Å². The Morgan fingerprint density at radius 1 is 1.14 bits per heavy atom. The van der Waals surface area contributed by atoms with Crippen LogP contribution in [-0.2, 0) is 5.41 Å². The molecule has 1 saturated carbocycles. The molecule has 1 spiro atoms. The number of fused-ring (bicyclic) bond motifs is 4. The minimum Gasteiger partial charge on any atom is -0.351 e. The molecule has 4 aliphatic rings. The number of hydrogen-bond donors (Lipinski definition) is 1. The molecular weight excluding hydrogens is 346 g/mol. The van der Waals surface area contributed by atoms with Crippen molar-refractivity contribution in [2.45, 2.75) is 50.4 Å². The number of likely N-dealkylation sites (tertiary alicyclic amines) is 1. The van der Waals surface area contributed by atoms with Crippen LogP contribution in [0.15, 0.2) is 36.4 Å². The average molecular weight is 382 g/mol. The van der Waals surface area contributed by atoms with E-state index in [1.54, 1.807) is 4.90 Å². The molecule has 4 heteroatoms. The van der Waals surface area contributed by atoms with Gasteiger partial charge in [0.15, 0.2) is 0 Å². The predicted molar refractivity (Wildman–Crippen MR) is 116 cm³/mol. The highest BCUT2D eigenvalue weighted by Crippen LogP contribution is 2.47. The van der Waals surface area contributed by atoms with E-state index in [0.717, 1.165) is 36.4 Å². The van der Waals surface area contributed by atoms with Crippen LogP contribution in [-0.4, -0.2) is 37.1 Å². The summed E-state index contributed by atoms with van der Waals surface area (Å²) in [5.41, 5.74) is 8.32.